The number of hydrogen-bond donors (Lipinski definition) is 3. The molecule has 18 heavy (non-hydrogen) atoms. The number of hydrogen-bond acceptors (Lipinski definition) is 4. The van der Waals surface area contributed by atoms with E-state index in [0.717, 1.165) is 25.8 Å². The van der Waals surface area contributed by atoms with Gasteiger partial charge in [0, 0.05) is 19.1 Å². The number of imide groups is 1. The molecule has 0 aromatic rings. The Balaban J connectivity index is 0.00000289. The number of nitrogens with two attached hydrogens (primary N) is 1. The Morgan fingerprint density at radius 2 is 2.11 bits per heavy atom. The highest BCUT2D eigenvalue weighted by atomic mass is 35.5. The Hall–Kier alpha value is -0.850. The third kappa shape index (κ3) is 5.20. The minimum atomic E-state index is -0.468. The van der Waals surface area contributed by atoms with Gasteiger partial charge in [-0.1, -0.05) is 6.42 Å². The van der Waals surface area contributed by atoms with Crippen molar-refractivity contribution in [2.75, 3.05) is 20.1 Å². The molecule has 3 amide bonds. The SMILES string of the molecule is CNC(=O)NC(=O)CN1CCCCC1C(C)N.Cl. The highest BCUT2D eigenvalue weighted by molar-refractivity contribution is 5.95. The number of urea groups is 1. The molecule has 0 spiro atoms. The van der Waals surface area contributed by atoms with Crippen LogP contribution in [0.4, 0.5) is 4.79 Å². The van der Waals surface area contributed by atoms with Gasteiger partial charge in [0.2, 0.25) is 5.91 Å². The van der Waals surface area contributed by atoms with E-state index in [-0.39, 0.29) is 36.9 Å². The average Bonchev–Trinajstić information content (AvgIpc) is 2.29. The molecule has 1 aliphatic heterocycles. The second kappa shape index (κ2) is 8.29. The molecule has 106 valence electrons. The van der Waals surface area contributed by atoms with E-state index in [1.54, 1.807) is 0 Å². The van der Waals surface area contributed by atoms with Crippen LogP contribution in [0.3, 0.4) is 0 Å². The molecule has 2 atom stereocenters. The smallest absolute Gasteiger partial charge is 0.321 e. The van der Waals surface area contributed by atoms with Gasteiger partial charge in [-0.3, -0.25) is 15.0 Å². The van der Waals surface area contributed by atoms with Crippen molar-refractivity contribution in [3.05, 3.63) is 0 Å². The largest absolute Gasteiger partial charge is 0.341 e. The van der Waals surface area contributed by atoms with E-state index in [1.807, 2.05) is 6.92 Å². The second-order valence-corrected chi connectivity index (χ2v) is 4.52. The zero-order valence-corrected chi connectivity index (χ0v) is 11.8. The van der Waals surface area contributed by atoms with Crippen molar-refractivity contribution in [1.29, 1.82) is 0 Å². The van der Waals surface area contributed by atoms with E-state index >= 15 is 0 Å². The fourth-order valence-electron chi connectivity index (χ4n) is 2.22. The minimum absolute atomic E-state index is 0. The number of halogens is 1. The molecule has 0 bridgehead atoms. The summed E-state index contributed by atoms with van der Waals surface area (Å²) in [7, 11) is 1.48. The minimum Gasteiger partial charge on any atom is -0.341 e. The highest BCUT2D eigenvalue weighted by Gasteiger charge is 2.27. The molecule has 1 saturated heterocycles. The molecule has 1 fully saturated rings. The predicted octanol–water partition coefficient (Wildman–Crippen LogP) is 0.0655. The van der Waals surface area contributed by atoms with Crippen LogP contribution >= 0.6 is 12.4 Å². The Morgan fingerprint density at radius 3 is 2.67 bits per heavy atom. The lowest BCUT2D eigenvalue weighted by Crippen LogP contribution is -2.53. The number of carbonyl (C=O) groups is 2. The Kier molecular flexibility index (Phi) is 7.90. The molecule has 6 nitrogen and oxygen atoms in total. The Labute approximate surface area is 114 Å². The van der Waals surface area contributed by atoms with E-state index in [9.17, 15) is 9.59 Å². The van der Waals surface area contributed by atoms with E-state index in [0.29, 0.717) is 0 Å². The van der Waals surface area contributed by atoms with E-state index in [2.05, 4.69) is 15.5 Å². The van der Waals surface area contributed by atoms with Gasteiger partial charge in [-0.05, 0) is 26.3 Å². The van der Waals surface area contributed by atoms with E-state index < -0.39 is 6.03 Å². The van der Waals surface area contributed by atoms with Crippen molar-refractivity contribution < 1.29 is 9.59 Å². The first kappa shape index (κ1) is 17.2. The number of rotatable bonds is 3. The molecule has 1 aliphatic rings. The summed E-state index contributed by atoms with van der Waals surface area (Å²) in [4.78, 5) is 24.6. The lowest BCUT2D eigenvalue weighted by Gasteiger charge is -2.37. The number of nitrogens with zero attached hydrogens (tertiary/aromatic N) is 1. The highest BCUT2D eigenvalue weighted by Crippen LogP contribution is 2.18. The summed E-state index contributed by atoms with van der Waals surface area (Å²) in [6.45, 7) is 3.06. The first-order valence-electron chi connectivity index (χ1n) is 6.05. The van der Waals surface area contributed by atoms with Crippen LogP contribution in [0.2, 0.25) is 0 Å². The van der Waals surface area contributed by atoms with Crippen LogP contribution in [0.15, 0.2) is 0 Å². The molecule has 2 unspecified atom stereocenters. The third-order valence-electron chi connectivity index (χ3n) is 3.10. The molecular weight excluding hydrogens is 256 g/mol. The van der Waals surface area contributed by atoms with Crippen molar-refractivity contribution >= 4 is 24.3 Å². The fraction of sp³-hybridized carbons (Fsp3) is 0.818. The molecule has 4 N–H and O–H groups in total. The second-order valence-electron chi connectivity index (χ2n) is 4.52. The molecule has 0 aromatic carbocycles. The van der Waals surface area contributed by atoms with Gasteiger partial charge in [0.15, 0.2) is 0 Å². The zero-order chi connectivity index (χ0) is 12.8. The quantitative estimate of drug-likeness (QED) is 0.682. The van der Waals surface area contributed by atoms with Crippen molar-refractivity contribution in [3.63, 3.8) is 0 Å². The number of carbonyl (C=O) groups excluding carboxylic acids is 2. The molecule has 0 aromatic heterocycles. The number of piperidine rings is 1. The Morgan fingerprint density at radius 1 is 1.44 bits per heavy atom. The monoisotopic (exact) mass is 278 g/mol. The lowest BCUT2D eigenvalue weighted by atomic mass is 9.97. The summed E-state index contributed by atoms with van der Waals surface area (Å²) in [6, 6.07) is -0.188. The van der Waals surface area contributed by atoms with Gasteiger partial charge < -0.3 is 11.1 Å². The van der Waals surface area contributed by atoms with Gasteiger partial charge in [-0.15, -0.1) is 12.4 Å². The third-order valence-corrected chi connectivity index (χ3v) is 3.10. The lowest BCUT2D eigenvalue weighted by molar-refractivity contribution is -0.122. The molecule has 0 aliphatic carbocycles. The van der Waals surface area contributed by atoms with Crippen LogP contribution in [0.5, 0.6) is 0 Å². The van der Waals surface area contributed by atoms with Crippen molar-refractivity contribution in [1.82, 2.24) is 15.5 Å². The summed E-state index contributed by atoms with van der Waals surface area (Å²) < 4.78 is 0. The number of amides is 3. The first-order valence-corrected chi connectivity index (χ1v) is 6.05. The van der Waals surface area contributed by atoms with Crippen LogP contribution in [0.1, 0.15) is 26.2 Å². The van der Waals surface area contributed by atoms with Gasteiger partial charge in [0.25, 0.3) is 0 Å². The summed E-state index contributed by atoms with van der Waals surface area (Å²) >= 11 is 0. The van der Waals surface area contributed by atoms with Crippen LogP contribution in [0, 0.1) is 0 Å². The molecule has 7 heteroatoms. The van der Waals surface area contributed by atoms with Gasteiger partial charge in [0.05, 0.1) is 6.54 Å². The maximum atomic E-state index is 11.6. The van der Waals surface area contributed by atoms with Crippen molar-refractivity contribution in [2.45, 2.75) is 38.3 Å². The van der Waals surface area contributed by atoms with Crippen LogP contribution < -0.4 is 16.4 Å². The molecular formula is C11H23ClN4O2. The molecule has 0 radical (unpaired) electrons. The maximum Gasteiger partial charge on any atom is 0.321 e. The standard InChI is InChI=1S/C11H22N4O2.ClH/c1-8(12)9-5-3-4-6-15(9)7-10(16)14-11(17)13-2;/h8-9H,3-7,12H2,1-2H3,(H2,13,14,16,17);1H. The average molecular weight is 279 g/mol. The fourth-order valence-corrected chi connectivity index (χ4v) is 2.22. The van der Waals surface area contributed by atoms with Gasteiger partial charge in [-0.2, -0.15) is 0 Å². The van der Waals surface area contributed by atoms with Gasteiger partial charge in [0.1, 0.15) is 0 Å². The summed E-state index contributed by atoms with van der Waals surface area (Å²) in [5, 5.41) is 4.62. The predicted molar refractivity (Wildman–Crippen MR) is 72.7 cm³/mol. The maximum absolute atomic E-state index is 11.6. The molecule has 1 heterocycles. The molecule has 1 rings (SSSR count). The Bertz CT molecular complexity index is 286. The number of likely N-dealkylation sites (tertiary alicyclic amines) is 1. The van der Waals surface area contributed by atoms with Crippen molar-refractivity contribution in [2.24, 2.45) is 5.73 Å². The van der Waals surface area contributed by atoms with E-state index in [1.165, 1.54) is 7.05 Å². The van der Waals surface area contributed by atoms with Gasteiger partial charge >= 0.3 is 6.03 Å². The van der Waals surface area contributed by atoms with Gasteiger partial charge in [-0.25, -0.2) is 4.79 Å². The van der Waals surface area contributed by atoms with Crippen LogP contribution in [0.25, 0.3) is 0 Å². The van der Waals surface area contributed by atoms with E-state index in [4.69, 9.17) is 5.73 Å². The summed E-state index contributed by atoms with van der Waals surface area (Å²) in [6.07, 6.45) is 3.25. The normalized spacial score (nSPS) is 21.6. The zero-order valence-electron chi connectivity index (χ0n) is 10.9. The summed E-state index contributed by atoms with van der Waals surface area (Å²) in [5.41, 5.74) is 5.91. The van der Waals surface area contributed by atoms with Crippen LogP contribution in [-0.2, 0) is 4.79 Å². The number of nitrogens with one attached hydrogen (secondary N) is 2. The topological polar surface area (TPSA) is 87.5 Å². The van der Waals surface area contributed by atoms with Crippen LogP contribution in [-0.4, -0.2) is 49.1 Å². The summed E-state index contributed by atoms with van der Waals surface area (Å²) in [5.74, 6) is -0.281. The van der Waals surface area contributed by atoms with Crippen molar-refractivity contribution in [3.8, 4) is 0 Å². The molecule has 0 saturated carbocycles. The first-order chi connectivity index (χ1) is 8.04.